The normalized spacial score (nSPS) is 13.2. The first-order valence-corrected chi connectivity index (χ1v) is 9.17. The maximum absolute atomic E-state index is 12.6. The molecule has 0 saturated carbocycles. The predicted octanol–water partition coefficient (Wildman–Crippen LogP) is 3.85. The highest BCUT2D eigenvalue weighted by atomic mass is 16.5. The van der Waals surface area contributed by atoms with Crippen LogP contribution in [0.2, 0.25) is 0 Å². The van der Waals surface area contributed by atoms with Crippen molar-refractivity contribution >= 4 is 5.70 Å². The van der Waals surface area contributed by atoms with Gasteiger partial charge in [0.1, 0.15) is 11.4 Å². The van der Waals surface area contributed by atoms with Crippen LogP contribution in [-0.2, 0) is 0 Å². The van der Waals surface area contributed by atoms with Crippen LogP contribution < -0.4 is 10.2 Å². The molecule has 28 heavy (non-hydrogen) atoms. The fraction of sp³-hybridized carbons (Fsp3) is 0.136. The number of para-hydroxylation sites is 2. The summed E-state index contributed by atoms with van der Waals surface area (Å²) in [6.45, 7) is 2.48. The second kappa shape index (κ2) is 7.92. The first-order valence-electron chi connectivity index (χ1n) is 9.17. The zero-order chi connectivity index (χ0) is 19.3. The van der Waals surface area contributed by atoms with Gasteiger partial charge in [-0.15, -0.1) is 0 Å². The first kappa shape index (κ1) is 17.7. The molecular formula is C22H20N4O2. The molecule has 1 aliphatic carbocycles. The van der Waals surface area contributed by atoms with Gasteiger partial charge in [0.2, 0.25) is 5.43 Å². The van der Waals surface area contributed by atoms with Gasteiger partial charge in [0, 0.05) is 24.4 Å². The molecule has 6 nitrogen and oxygen atoms in total. The molecule has 2 aromatic heterocycles. The summed E-state index contributed by atoms with van der Waals surface area (Å²) in [7, 11) is 0. The highest BCUT2D eigenvalue weighted by molar-refractivity contribution is 5.63. The molecule has 0 spiro atoms. The van der Waals surface area contributed by atoms with Crippen LogP contribution in [0.15, 0.2) is 84.0 Å². The monoisotopic (exact) mass is 372 g/mol. The smallest absolute Gasteiger partial charge is 0.209 e. The maximum atomic E-state index is 12.6. The molecule has 0 saturated heterocycles. The Kier molecular flexibility index (Phi) is 5.01. The third-order valence-corrected chi connectivity index (χ3v) is 4.35. The molecule has 2 heterocycles. The Morgan fingerprint density at radius 1 is 1.11 bits per heavy atom. The number of hydrogen-bond acceptors (Lipinski definition) is 4. The van der Waals surface area contributed by atoms with Crippen LogP contribution >= 0.6 is 0 Å². The Bertz CT molecular complexity index is 1140. The van der Waals surface area contributed by atoms with Gasteiger partial charge >= 0.3 is 0 Å². The van der Waals surface area contributed by atoms with Gasteiger partial charge in [-0.05, 0) is 31.2 Å². The summed E-state index contributed by atoms with van der Waals surface area (Å²) < 4.78 is 9.14. The van der Waals surface area contributed by atoms with Crippen molar-refractivity contribution in [2.45, 2.75) is 13.3 Å². The van der Waals surface area contributed by atoms with Gasteiger partial charge in [0.25, 0.3) is 0 Å². The zero-order valence-corrected chi connectivity index (χ0v) is 15.5. The molecule has 6 heteroatoms. The number of allylic oxidation sites excluding steroid dienone is 6. The molecule has 1 aliphatic rings. The number of benzene rings is 1. The maximum Gasteiger partial charge on any atom is 0.209 e. The molecule has 0 N–H and O–H groups in total. The average Bonchev–Trinajstić information content (AvgIpc) is 3.04. The summed E-state index contributed by atoms with van der Waals surface area (Å²) in [6, 6.07) is 10.9. The minimum atomic E-state index is -0.160. The van der Waals surface area contributed by atoms with Crippen molar-refractivity contribution in [1.82, 2.24) is 19.6 Å². The van der Waals surface area contributed by atoms with Crippen LogP contribution in [0.1, 0.15) is 13.3 Å². The molecular weight excluding hydrogens is 352 g/mol. The number of hydrogen-bond donors (Lipinski definition) is 0. The lowest BCUT2D eigenvalue weighted by Gasteiger charge is -2.13. The summed E-state index contributed by atoms with van der Waals surface area (Å²) in [5.41, 5.74) is 2.58. The standard InChI is InChI=1S/C22H20N4O2/c1-2-28-21-12-8-7-11-18(21)25-16-14-20(27)22(24-25)19-13-15-23-26(19)17-9-5-3-4-6-10-17/h3-9,11-16H,2,10H2,1H3. The lowest BCUT2D eigenvalue weighted by atomic mass is 10.2. The Labute approximate surface area is 162 Å². The van der Waals surface area contributed by atoms with E-state index in [0.717, 1.165) is 17.8 Å². The van der Waals surface area contributed by atoms with Gasteiger partial charge in [-0.25, -0.2) is 9.36 Å². The summed E-state index contributed by atoms with van der Waals surface area (Å²) in [5, 5.41) is 9.02. The van der Waals surface area contributed by atoms with E-state index < -0.39 is 0 Å². The minimum absolute atomic E-state index is 0.160. The van der Waals surface area contributed by atoms with E-state index in [9.17, 15) is 4.79 Å². The Morgan fingerprint density at radius 3 is 2.89 bits per heavy atom. The van der Waals surface area contributed by atoms with E-state index in [2.05, 4.69) is 16.3 Å². The Balaban J connectivity index is 1.82. The summed E-state index contributed by atoms with van der Waals surface area (Å²) >= 11 is 0. The summed E-state index contributed by atoms with van der Waals surface area (Å²) in [4.78, 5) is 12.6. The van der Waals surface area contributed by atoms with E-state index in [1.54, 1.807) is 21.8 Å². The third kappa shape index (κ3) is 3.44. The van der Waals surface area contributed by atoms with Crippen molar-refractivity contribution in [3.8, 4) is 22.8 Å². The van der Waals surface area contributed by atoms with E-state index >= 15 is 0 Å². The van der Waals surface area contributed by atoms with E-state index in [0.29, 0.717) is 23.7 Å². The van der Waals surface area contributed by atoms with E-state index in [1.807, 2.05) is 61.6 Å². The topological polar surface area (TPSA) is 61.9 Å². The Morgan fingerprint density at radius 2 is 2.00 bits per heavy atom. The second-order valence-corrected chi connectivity index (χ2v) is 6.18. The SMILES string of the molecule is CCOc1ccccc1-n1ccc(=O)c(-c2ccnn2C2=CC=CC=CC2)n1. The average molecular weight is 372 g/mol. The van der Waals surface area contributed by atoms with Crippen LogP contribution in [0.25, 0.3) is 22.8 Å². The van der Waals surface area contributed by atoms with Crippen LogP contribution in [0.4, 0.5) is 0 Å². The van der Waals surface area contributed by atoms with Gasteiger partial charge < -0.3 is 4.74 Å². The molecule has 3 aromatic rings. The van der Waals surface area contributed by atoms with Crippen molar-refractivity contribution in [1.29, 1.82) is 0 Å². The molecule has 0 fully saturated rings. The summed E-state index contributed by atoms with van der Waals surface area (Å²) in [5.74, 6) is 0.711. The van der Waals surface area contributed by atoms with Crippen molar-refractivity contribution in [2.24, 2.45) is 0 Å². The van der Waals surface area contributed by atoms with Gasteiger partial charge in [0.15, 0.2) is 5.69 Å². The Hall–Kier alpha value is -3.67. The van der Waals surface area contributed by atoms with Crippen LogP contribution in [0.3, 0.4) is 0 Å². The van der Waals surface area contributed by atoms with Crippen LogP contribution in [0.5, 0.6) is 5.75 Å². The molecule has 0 aliphatic heterocycles. The van der Waals surface area contributed by atoms with E-state index in [4.69, 9.17) is 4.74 Å². The highest BCUT2D eigenvalue weighted by Gasteiger charge is 2.15. The first-order chi connectivity index (χ1) is 13.8. The highest BCUT2D eigenvalue weighted by Crippen LogP contribution is 2.24. The lowest BCUT2D eigenvalue weighted by Crippen LogP contribution is -2.15. The third-order valence-electron chi connectivity index (χ3n) is 4.35. The largest absolute Gasteiger partial charge is 0.492 e. The number of aromatic nitrogens is 4. The molecule has 0 unspecified atom stereocenters. The van der Waals surface area contributed by atoms with E-state index in [1.165, 1.54) is 6.07 Å². The second-order valence-electron chi connectivity index (χ2n) is 6.18. The molecule has 4 rings (SSSR count). The van der Waals surface area contributed by atoms with Crippen molar-refractivity contribution in [3.63, 3.8) is 0 Å². The van der Waals surface area contributed by atoms with Gasteiger partial charge in [0.05, 0.1) is 18.5 Å². The van der Waals surface area contributed by atoms with Gasteiger partial charge in [-0.2, -0.15) is 10.2 Å². The number of nitrogens with zero attached hydrogens (tertiary/aromatic N) is 4. The molecule has 140 valence electrons. The molecule has 1 aromatic carbocycles. The molecule has 0 radical (unpaired) electrons. The molecule has 0 atom stereocenters. The number of rotatable bonds is 5. The predicted molar refractivity (Wildman–Crippen MR) is 109 cm³/mol. The quantitative estimate of drug-likeness (QED) is 0.682. The number of ether oxygens (including phenoxy) is 1. The van der Waals surface area contributed by atoms with Gasteiger partial charge in [-0.1, -0.05) is 36.4 Å². The summed E-state index contributed by atoms with van der Waals surface area (Å²) in [6.07, 6.45) is 14.0. The zero-order valence-electron chi connectivity index (χ0n) is 15.5. The van der Waals surface area contributed by atoms with Crippen molar-refractivity contribution < 1.29 is 4.74 Å². The van der Waals surface area contributed by atoms with Gasteiger partial charge in [-0.3, -0.25) is 4.79 Å². The fourth-order valence-electron chi connectivity index (χ4n) is 3.08. The van der Waals surface area contributed by atoms with Crippen molar-refractivity contribution in [2.75, 3.05) is 6.61 Å². The van der Waals surface area contributed by atoms with E-state index in [-0.39, 0.29) is 5.43 Å². The lowest BCUT2D eigenvalue weighted by molar-refractivity contribution is 0.338. The fourth-order valence-corrected chi connectivity index (χ4v) is 3.08. The molecule has 0 bridgehead atoms. The van der Waals surface area contributed by atoms with Crippen LogP contribution in [0, 0.1) is 0 Å². The van der Waals surface area contributed by atoms with Crippen LogP contribution in [-0.4, -0.2) is 26.2 Å². The minimum Gasteiger partial charge on any atom is -0.492 e. The van der Waals surface area contributed by atoms with Crippen molar-refractivity contribution in [3.05, 3.63) is 89.4 Å². The molecule has 0 amide bonds.